The van der Waals surface area contributed by atoms with Crippen LogP contribution in [0.4, 0.5) is 0 Å². The monoisotopic (exact) mass is 271 g/mol. The van der Waals surface area contributed by atoms with Crippen molar-refractivity contribution in [3.8, 4) is 11.5 Å². The maximum Gasteiger partial charge on any atom is 0.231 e. The van der Waals surface area contributed by atoms with Crippen LogP contribution in [0.2, 0.25) is 5.02 Å². The van der Waals surface area contributed by atoms with Crippen molar-refractivity contribution < 1.29 is 14.6 Å². The average Bonchev–Trinajstić information content (AvgIpc) is 2.77. The van der Waals surface area contributed by atoms with E-state index < -0.39 is 0 Å². The Morgan fingerprint density at radius 1 is 1.39 bits per heavy atom. The molecule has 18 heavy (non-hydrogen) atoms. The van der Waals surface area contributed by atoms with E-state index >= 15 is 0 Å². The van der Waals surface area contributed by atoms with Gasteiger partial charge >= 0.3 is 0 Å². The highest BCUT2D eigenvalue weighted by Gasteiger charge is 2.18. The zero-order valence-corrected chi connectivity index (χ0v) is 11.3. The largest absolute Gasteiger partial charge is 0.454 e. The molecule has 1 aromatic carbocycles. The van der Waals surface area contributed by atoms with Crippen LogP contribution in [0, 0.1) is 5.92 Å². The van der Waals surface area contributed by atoms with Gasteiger partial charge in [0, 0.05) is 13.1 Å². The van der Waals surface area contributed by atoms with E-state index in [1.54, 1.807) is 0 Å². The molecule has 5 heteroatoms. The maximum absolute atomic E-state index is 9.68. The lowest BCUT2D eigenvalue weighted by atomic mass is 10.1. The van der Waals surface area contributed by atoms with E-state index in [1.165, 1.54) is 0 Å². The van der Waals surface area contributed by atoms with Crippen molar-refractivity contribution in [3.05, 3.63) is 22.7 Å². The van der Waals surface area contributed by atoms with Crippen molar-refractivity contribution in [3.63, 3.8) is 0 Å². The Morgan fingerprint density at radius 2 is 2.17 bits per heavy atom. The molecule has 1 heterocycles. The minimum absolute atomic E-state index is 0.220. The maximum atomic E-state index is 9.68. The molecule has 0 aromatic heterocycles. The van der Waals surface area contributed by atoms with Crippen molar-refractivity contribution in [2.45, 2.75) is 26.5 Å². The summed E-state index contributed by atoms with van der Waals surface area (Å²) in [5.74, 6) is 1.55. The number of nitrogens with one attached hydrogen (secondary N) is 1. The minimum atomic E-state index is -0.338. The summed E-state index contributed by atoms with van der Waals surface area (Å²) in [6, 6.07) is 3.76. The highest BCUT2D eigenvalue weighted by atomic mass is 35.5. The fourth-order valence-electron chi connectivity index (χ4n) is 1.72. The van der Waals surface area contributed by atoms with Crippen LogP contribution < -0.4 is 14.8 Å². The Balaban J connectivity index is 1.92. The molecule has 1 atom stereocenters. The summed E-state index contributed by atoms with van der Waals surface area (Å²) in [4.78, 5) is 0. The lowest BCUT2D eigenvalue weighted by Crippen LogP contribution is -2.30. The number of ether oxygens (including phenoxy) is 2. The van der Waals surface area contributed by atoms with Crippen LogP contribution in [-0.2, 0) is 6.54 Å². The topological polar surface area (TPSA) is 50.7 Å². The fourth-order valence-corrected chi connectivity index (χ4v) is 2.01. The zero-order chi connectivity index (χ0) is 13.1. The molecule has 1 unspecified atom stereocenters. The van der Waals surface area contributed by atoms with Gasteiger partial charge in [0.15, 0.2) is 11.5 Å². The zero-order valence-electron chi connectivity index (χ0n) is 10.6. The first-order valence-corrected chi connectivity index (χ1v) is 6.42. The van der Waals surface area contributed by atoms with Gasteiger partial charge in [0.25, 0.3) is 0 Å². The summed E-state index contributed by atoms with van der Waals surface area (Å²) in [7, 11) is 0. The lowest BCUT2D eigenvalue weighted by molar-refractivity contribution is 0.123. The first-order chi connectivity index (χ1) is 8.58. The van der Waals surface area contributed by atoms with Crippen molar-refractivity contribution in [2.75, 3.05) is 13.3 Å². The van der Waals surface area contributed by atoms with Gasteiger partial charge in [-0.25, -0.2) is 0 Å². The number of halogens is 1. The van der Waals surface area contributed by atoms with Gasteiger partial charge in [-0.15, -0.1) is 0 Å². The van der Waals surface area contributed by atoms with Crippen LogP contribution in [0.25, 0.3) is 0 Å². The molecule has 0 saturated heterocycles. The number of rotatable bonds is 5. The van der Waals surface area contributed by atoms with Crippen LogP contribution >= 0.6 is 11.6 Å². The summed E-state index contributed by atoms with van der Waals surface area (Å²) in [6.07, 6.45) is -0.338. The number of aliphatic hydroxyl groups is 1. The van der Waals surface area contributed by atoms with Crippen molar-refractivity contribution >= 4 is 11.6 Å². The summed E-state index contributed by atoms with van der Waals surface area (Å²) in [5, 5.41) is 13.4. The Bertz CT molecular complexity index is 423. The van der Waals surface area contributed by atoms with Gasteiger partial charge in [0.2, 0.25) is 6.79 Å². The summed E-state index contributed by atoms with van der Waals surface area (Å²) >= 11 is 6.08. The molecular formula is C13H18ClNO3. The molecule has 0 spiro atoms. The Morgan fingerprint density at radius 3 is 2.89 bits per heavy atom. The summed E-state index contributed by atoms with van der Waals surface area (Å²) < 4.78 is 10.5. The van der Waals surface area contributed by atoms with E-state index in [0.717, 1.165) is 5.56 Å². The Kier molecular flexibility index (Phi) is 4.32. The van der Waals surface area contributed by atoms with Crippen molar-refractivity contribution in [1.82, 2.24) is 5.32 Å². The fraction of sp³-hybridized carbons (Fsp3) is 0.538. The molecule has 0 aliphatic carbocycles. The van der Waals surface area contributed by atoms with E-state index in [9.17, 15) is 5.11 Å². The van der Waals surface area contributed by atoms with Crippen LogP contribution in [0.3, 0.4) is 0 Å². The SMILES string of the molecule is CC(C)C(O)CNCc1cc(Cl)c2c(c1)OCO2. The number of aliphatic hydroxyl groups excluding tert-OH is 1. The first-order valence-electron chi connectivity index (χ1n) is 6.04. The quantitative estimate of drug-likeness (QED) is 0.862. The third kappa shape index (κ3) is 3.07. The van der Waals surface area contributed by atoms with Gasteiger partial charge in [0.05, 0.1) is 11.1 Å². The van der Waals surface area contributed by atoms with Gasteiger partial charge in [-0.05, 0) is 23.6 Å². The predicted octanol–water partition coefficient (Wildman–Crippen LogP) is 2.18. The molecule has 4 nitrogen and oxygen atoms in total. The average molecular weight is 272 g/mol. The highest BCUT2D eigenvalue weighted by Crippen LogP contribution is 2.39. The van der Waals surface area contributed by atoms with Crippen LogP contribution in [0.1, 0.15) is 19.4 Å². The summed E-state index contributed by atoms with van der Waals surface area (Å²) in [5.41, 5.74) is 1.01. The molecule has 0 fully saturated rings. The lowest BCUT2D eigenvalue weighted by Gasteiger charge is -2.15. The molecule has 0 saturated carbocycles. The van der Waals surface area contributed by atoms with Gasteiger partial charge in [-0.2, -0.15) is 0 Å². The number of hydrogen-bond donors (Lipinski definition) is 2. The van der Waals surface area contributed by atoms with Crippen LogP contribution in [-0.4, -0.2) is 24.5 Å². The van der Waals surface area contributed by atoms with Crippen molar-refractivity contribution in [1.29, 1.82) is 0 Å². The van der Waals surface area contributed by atoms with E-state index in [-0.39, 0.29) is 18.8 Å². The van der Waals surface area contributed by atoms with Crippen LogP contribution in [0.15, 0.2) is 12.1 Å². The minimum Gasteiger partial charge on any atom is -0.454 e. The molecule has 0 radical (unpaired) electrons. The number of benzene rings is 1. The standard InChI is InChI=1S/C13H18ClNO3/c1-8(2)11(16)6-15-5-9-3-10(14)13-12(4-9)17-7-18-13/h3-4,8,11,15-16H,5-7H2,1-2H3. The number of hydrogen-bond acceptors (Lipinski definition) is 4. The second kappa shape index (κ2) is 5.78. The van der Waals surface area contributed by atoms with Crippen molar-refractivity contribution in [2.24, 2.45) is 5.92 Å². The summed E-state index contributed by atoms with van der Waals surface area (Å²) in [6.45, 7) is 5.40. The second-order valence-electron chi connectivity index (χ2n) is 4.75. The van der Waals surface area contributed by atoms with Gasteiger partial charge < -0.3 is 19.9 Å². The third-order valence-corrected chi connectivity index (χ3v) is 3.22. The second-order valence-corrected chi connectivity index (χ2v) is 5.16. The molecular weight excluding hydrogens is 254 g/mol. The smallest absolute Gasteiger partial charge is 0.231 e. The van der Waals surface area contributed by atoms with Crippen LogP contribution in [0.5, 0.6) is 11.5 Å². The van der Waals surface area contributed by atoms with E-state index in [2.05, 4.69) is 5.32 Å². The van der Waals surface area contributed by atoms with Gasteiger partial charge in [-0.3, -0.25) is 0 Å². The molecule has 1 aliphatic heterocycles. The van der Waals surface area contributed by atoms with E-state index in [4.69, 9.17) is 21.1 Å². The highest BCUT2D eigenvalue weighted by molar-refractivity contribution is 6.32. The molecule has 0 amide bonds. The normalized spacial score (nSPS) is 15.2. The third-order valence-electron chi connectivity index (χ3n) is 2.94. The molecule has 1 aromatic rings. The van der Waals surface area contributed by atoms with Gasteiger partial charge in [0.1, 0.15) is 0 Å². The van der Waals surface area contributed by atoms with E-state index in [1.807, 2.05) is 26.0 Å². The molecule has 2 rings (SSSR count). The van der Waals surface area contributed by atoms with E-state index in [0.29, 0.717) is 29.6 Å². The predicted molar refractivity (Wildman–Crippen MR) is 70.1 cm³/mol. The Hall–Kier alpha value is -0.970. The molecule has 2 N–H and O–H groups in total. The van der Waals surface area contributed by atoms with Gasteiger partial charge in [-0.1, -0.05) is 25.4 Å². The molecule has 0 bridgehead atoms. The number of fused-ring (bicyclic) bond motifs is 1. The first kappa shape index (κ1) is 13.5. The Labute approximate surface area is 112 Å². The molecule has 1 aliphatic rings. The molecule has 100 valence electrons.